The first-order valence-corrected chi connectivity index (χ1v) is 7.70. The molecule has 1 aliphatic carbocycles. The van der Waals surface area contributed by atoms with Crippen LogP contribution in [0.1, 0.15) is 64.7 Å². The van der Waals surface area contributed by atoms with Gasteiger partial charge in [-0.05, 0) is 38.1 Å². The van der Waals surface area contributed by atoms with Gasteiger partial charge in [0.1, 0.15) is 0 Å². The van der Waals surface area contributed by atoms with Crippen LogP contribution in [-0.4, -0.2) is 24.5 Å². The molecule has 0 aliphatic heterocycles. The monoisotopic (exact) mass is 237 g/mol. The van der Waals surface area contributed by atoms with Crippen molar-refractivity contribution in [2.45, 2.75) is 64.7 Å². The van der Waals surface area contributed by atoms with Gasteiger partial charge >= 0.3 is 0 Å². The average Bonchev–Trinajstić information content (AvgIpc) is 2.84. The number of nitrogens with zero attached hydrogens (tertiary/aromatic N) is 1. The molecule has 1 rings (SSSR count). The molecule has 0 saturated heterocycles. The van der Waals surface area contributed by atoms with Crippen molar-refractivity contribution in [2.75, 3.05) is 19.6 Å². The Morgan fingerprint density at radius 3 is 2.53 bits per heavy atom. The average molecular weight is 237 g/mol. The predicted octanol–water partition coefficient (Wildman–Crippen LogP) is 4.64. The fourth-order valence-electron chi connectivity index (χ4n) is 2.89. The Morgan fingerprint density at radius 2 is 1.88 bits per heavy atom. The molecule has 0 heterocycles. The van der Waals surface area contributed by atoms with Crippen LogP contribution in [0.4, 0.5) is 0 Å². The van der Waals surface area contributed by atoms with Crippen LogP contribution >= 0.6 is 0 Å². The van der Waals surface area contributed by atoms with Gasteiger partial charge in [0.05, 0.1) is 0 Å². The second kappa shape index (κ2) is 9.70. The van der Waals surface area contributed by atoms with Crippen LogP contribution in [0.25, 0.3) is 0 Å². The Balaban J connectivity index is 2.18. The summed E-state index contributed by atoms with van der Waals surface area (Å²) in [6, 6.07) is 0. The molecule has 0 atom stereocenters. The van der Waals surface area contributed by atoms with E-state index in [1.54, 1.807) is 0 Å². The first-order chi connectivity index (χ1) is 8.36. The molecule has 0 aromatic rings. The lowest BCUT2D eigenvalue weighted by atomic mass is 10.1. The summed E-state index contributed by atoms with van der Waals surface area (Å²) in [5, 5.41) is 0. The lowest BCUT2D eigenvalue weighted by Crippen LogP contribution is -2.30. The van der Waals surface area contributed by atoms with Crippen molar-refractivity contribution < 1.29 is 0 Å². The number of rotatable bonds is 10. The topological polar surface area (TPSA) is 3.24 Å². The van der Waals surface area contributed by atoms with Gasteiger partial charge in [-0.1, -0.05) is 45.1 Å². The Morgan fingerprint density at radius 1 is 1.12 bits per heavy atom. The van der Waals surface area contributed by atoms with E-state index >= 15 is 0 Å². The molecule has 1 saturated carbocycles. The predicted molar refractivity (Wildman–Crippen MR) is 77.4 cm³/mol. The molecule has 100 valence electrons. The minimum absolute atomic E-state index is 0.992. The highest BCUT2D eigenvalue weighted by molar-refractivity contribution is 4.75. The van der Waals surface area contributed by atoms with E-state index in [0.717, 1.165) is 12.3 Å². The molecule has 0 aromatic heterocycles. The van der Waals surface area contributed by atoms with Crippen LogP contribution in [0.15, 0.2) is 12.7 Å². The van der Waals surface area contributed by atoms with Gasteiger partial charge in [0, 0.05) is 13.1 Å². The molecule has 1 nitrogen and oxygen atoms in total. The van der Waals surface area contributed by atoms with Gasteiger partial charge in [-0.2, -0.15) is 0 Å². The van der Waals surface area contributed by atoms with Gasteiger partial charge in [0.2, 0.25) is 0 Å². The molecule has 1 heteroatoms. The zero-order valence-electron chi connectivity index (χ0n) is 11.8. The Labute approximate surface area is 108 Å². The van der Waals surface area contributed by atoms with Gasteiger partial charge in [-0.25, -0.2) is 0 Å². The zero-order chi connectivity index (χ0) is 12.3. The molecule has 0 bridgehead atoms. The van der Waals surface area contributed by atoms with Gasteiger partial charge in [-0.3, -0.25) is 0 Å². The molecule has 1 aliphatic rings. The molecule has 0 aromatic carbocycles. The number of hydrogen-bond donors (Lipinski definition) is 0. The van der Waals surface area contributed by atoms with Crippen LogP contribution in [0.2, 0.25) is 0 Å². The lowest BCUT2D eigenvalue weighted by Gasteiger charge is -2.25. The highest BCUT2D eigenvalue weighted by atomic mass is 15.1. The fraction of sp³-hybridized carbons (Fsp3) is 0.875. The van der Waals surface area contributed by atoms with Crippen molar-refractivity contribution in [3.8, 4) is 0 Å². The highest BCUT2D eigenvalue weighted by Gasteiger charge is 2.17. The molecular weight excluding hydrogens is 206 g/mol. The summed E-state index contributed by atoms with van der Waals surface area (Å²) in [6.07, 6.45) is 14.6. The van der Waals surface area contributed by atoms with Crippen molar-refractivity contribution in [3.05, 3.63) is 12.7 Å². The second-order valence-electron chi connectivity index (χ2n) is 5.59. The third-order valence-corrected chi connectivity index (χ3v) is 3.97. The largest absolute Gasteiger partial charge is 0.303 e. The van der Waals surface area contributed by atoms with Crippen LogP contribution in [0.3, 0.4) is 0 Å². The molecule has 0 amide bonds. The maximum Gasteiger partial charge on any atom is 0.00159 e. The van der Waals surface area contributed by atoms with E-state index in [1.165, 1.54) is 71.0 Å². The quantitative estimate of drug-likeness (QED) is 0.395. The van der Waals surface area contributed by atoms with Gasteiger partial charge in [-0.15, -0.1) is 6.58 Å². The summed E-state index contributed by atoms with van der Waals surface area (Å²) < 4.78 is 0. The van der Waals surface area contributed by atoms with Crippen molar-refractivity contribution >= 4 is 0 Å². The smallest absolute Gasteiger partial charge is 0.00159 e. The van der Waals surface area contributed by atoms with E-state index < -0.39 is 0 Å². The molecule has 17 heavy (non-hydrogen) atoms. The molecule has 1 fully saturated rings. The van der Waals surface area contributed by atoms with Crippen LogP contribution in [-0.2, 0) is 0 Å². The summed E-state index contributed by atoms with van der Waals surface area (Å²) in [7, 11) is 0. The van der Waals surface area contributed by atoms with E-state index in [2.05, 4.69) is 24.5 Å². The SMILES string of the molecule is C=CCCN(CCCCCC)CC1CCCC1. The lowest BCUT2D eigenvalue weighted by molar-refractivity contribution is 0.230. The van der Waals surface area contributed by atoms with Crippen LogP contribution in [0.5, 0.6) is 0 Å². The standard InChI is InChI=1S/C16H31N/c1-3-5-7-10-14-17(13-6-4-2)15-16-11-8-9-12-16/h4,16H,2-3,5-15H2,1H3. The van der Waals surface area contributed by atoms with E-state index in [0.29, 0.717) is 0 Å². The Kier molecular flexibility index (Phi) is 8.42. The molecule has 0 radical (unpaired) electrons. The molecular formula is C16H31N. The van der Waals surface area contributed by atoms with E-state index in [1.807, 2.05) is 0 Å². The summed E-state index contributed by atoms with van der Waals surface area (Å²) >= 11 is 0. The fourth-order valence-corrected chi connectivity index (χ4v) is 2.89. The minimum atomic E-state index is 0.992. The summed E-state index contributed by atoms with van der Waals surface area (Å²) in [5.74, 6) is 0.992. The first kappa shape index (κ1) is 14.8. The van der Waals surface area contributed by atoms with Gasteiger partial charge < -0.3 is 4.90 Å². The Bertz CT molecular complexity index is 182. The minimum Gasteiger partial charge on any atom is -0.303 e. The Hall–Kier alpha value is -0.300. The van der Waals surface area contributed by atoms with Gasteiger partial charge in [0.15, 0.2) is 0 Å². The third-order valence-electron chi connectivity index (χ3n) is 3.97. The van der Waals surface area contributed by atoms with Crippen LogP contribution < -0.4 is 0 Å². The maximum atomic E-state index is 3.85. The normalized spacial score (nSPS) is 16.8. The number of unbranched alkanes of at least 4 members (excludes halogenated alkanes) is 3. The van der Waals surface area contributed by atoms with E-state index in [-0.39, 0.29) is 0 Å². The van der Waals surface area contributed by atoms with Crippen molar-refractivity contribution in [2.24, 2.45) is 5.92 Å². The second-order valence-corrected chi connectivity index (χ2v) is 5.59. The molecule has 0 spiro atoms. The maximum absolute atomic E-state index is 3.85. The van der Waals surface area contributed by atoms with Crippen molar-refractivity contribution in [1.82, 2.24) is 4.90 Å². The number of hydrogen-bond acceptors (Lipinski definition) is 1. The van der Waals surface area contributed by atoms with E-state index in [4.69, 9.17) is 0 Å². The van der Waals surface area contributed by atoms with Crippen LogP contribution in [0, 0.1) is 5.92 Å². The summed E-state index contributed by atoms with van der Waals surface area (Å²) in [5.41, 5.74) is 0. The molecule has 0 N–H and O–H groups in total. The molecule has 0 unspecified atom stereocenters. The zero-order valence-corrected chi connectivity index (χ0v) is 11.8. The van der Waals surface area contributed by atoms with Crippen molar-refractivity contribution in [1.29, 1.82) is 0 Å². The third kappa shape index (κ3) is 6.88. The first-order valence-electron chi connectivity index (χ1n) is 7.70. The summed E-state index contributed by atoms with van der Waals surface area (Å²) in [6.45, 7) is 10.0. The van der Waals surface area contributed by atoms with E-state index in [9.17, 15) is 0 Å². The van der Waals surface area contributed by atoms with Gasteiger partial charge in [0.25, 0.3) is 0 Å². The van der Waals surface area contributed by atoms with Crippen molar-refractivity contribution in [3.63, 3.8) is 0 Å². The summed E-state index contributed by atoms with van der Waals surface area (Å²) in [4.78, 5) is 2.69. The highest BCUT2D eigenvalue weighted by Crippen LogP contribution is 2.25.